The van der Waals surface area contributed by atoms with Gasteiger partial charge in [-0.2, -0.15) is 0 Å². The highest BCUT2D eigenvalue weighted by Gasteiger charge is 2.27. The van der Waals surface area contributed by atoms with Gasteiger partial charge in [0.05, 0.1) is 6.54 Å². The number of nitrogens with zero attached hydrogens (tertiary/aromatic N) is 3. The summed E-state index contributed by atoms with van der Waals surface area (Å²) in [6.07, 6.45) is 1.45. The molecule has 2 aromatic carbocycles. The zero-order valence-corrected chi connectivity index (χ0v) is 18.5. The Kier molecular flexibility index (Phi) is 6.97. The standard InChI is InChI=1S/C23H26ClN3O2S/c24-19-5-7-20(8-6-19)30-16-10-22(28)26-14-12-25(13-15-26)17-23(29)27-11-9-18-3-1-2-4-21(18)27/h1-8H,9-17H2. The molecule has 2 aromatic rings. The van der Waals surface area contributed by atoms with Crippen LogP contribution in [0.25, 0.3) is 0 Å². The summed E-state index contributed by atoms with van der Waals surface area (Å²) in [6, 6.07) is 15.8. The van der Waals surface area contributed by atoms with Gasteiger partial charge in [0.1, 0.15) is 0 Å². The van der Waals surface area contributed by atoms with E-state index >= 15 is 0 Å². The molecule has 0 saturated carbocycles. The van der Waals surface area contributed by atoms with Crippen molar-refractivity contribution in [2.24, 2.45) is 0 Å². The third kappa shape index (κ3) is 5.17. The zero-order chi connectivity index (χ0) is 20.9. The summed E-state index contributed by atoms with van der Waals surface area (Å²) in [5, 5.41) is 0.723. The minimum atomic E-state index is 0.152. The third-order valence-corrected chi connectivity index (χ3v) is 6.94. The number of benzene rings is 2. The molecule has 0 aliphatic carbocycles. The number of carbonyl (C=O) groups excluding carboxylic acids is 2. The molecule has 0 aromatic heterocycles. The van der Waals surface area contributed by atoms with Crippen LogP contribution >= 0.6 is 23.4 Å². The van der Waals surface area contributed by atoms with Crippen molar-refractivity contribution < 1.29 is 9.59 Å². The molecule has 0 radical (unpaired) electrons. The molecule has 158 valence electrons. The summed E-state index contributed by atoms with van der Waals surface area (Å²) >= 11 is 7.57. The highest BCUT2D eigenvalue weighted by atomic mass is 35.5. The first kappa shape index (κ1) is 21.2. The summed E-state index contributed by atoms with van der Waals surface area (Å²) in [5.41, 5.74) is 2.30. The lowest BCUT2D eigenvalue weighted by molar-refractivity contribution is -0.132. The Hall–Kier alpha value is -2.02. The van der Waals surface area contributed by atoms with Gasteiger partial charge in [-0.25, -0.2) is 0 Å². The predicted molar refractivity (Wildman–Crippen MR) is 122 cm³/mol. The number of halogens is 1. The smallest absolute Gasteiger partial charge is 0.241 e. The monoisotopic (exact) mass is 443 g/mol. The molecule has 1 saturated heterocycles. The van der Waals surface area contributed by atoms with Gasteiger partial charge in [0.25, 0.3) is 0 Å². The molecule has 1 fully saturated rings. The van der Waals surface area contributed by atoms with Crippen LogP contribution in [0.1, 0.15) is 12.0 Å². The number of hydrogen-bond acceptors (Lipinski definition) is 4. The number of thioether (sulfide) groups is 1. The first-order valence-corrected chi connectivity index (χ1v) is 11.7. The van der Waals surface area contributed by atoms with Crippen LogP contribution < -0.4 is 4.90 Å². The molecule has 0 atom stereocenters. The van der Waals surface area contributed by atoms with Gasteiger partial charge >= 0.3 is 0 Å². The van der Waals surface area contributed by atoms with E-state index in [4.69, 9.17) is 11.6 Å². The van der Waals surface area contributed by atoms with E-state index in [1.54, 1.807) is 11.8 Å². The molecule has 7 heteroatoms. The Labute approximate surface area is 187 Å². The predicted octanol–water partition coefficient (Wildman–Crippen LogP) is 3.56. The minimum absolute atomic E-state index is 0.152. The number of piperazine rings is 1. The Morgan fingerprint density at radius 1 is 0.900 bits per heavy atom. The summed E-state index contributed by atoms with van der Waals surface area (Å²) in [6.45, 7) is 4.06. The van der Waals surface area contributed by atoms with Crippen molar-refractivity contribution in [3.8, 4) is 0 Å². The van der Waals surface area contributed by atoms with E-state index in [0.29, 0.717) is 26.1 Å². The number of para-hydroxylation sites is 1. The van der Waals surface area contributed by atoms with Crippen LogP contribution in [0.15, 0.2) is 53.4 Å². The van der Waals surface area contributed by atoms with E-state index in [1.807, 2.05) is 52.3 Å². The second-order valence-electron chi connectivity index (χ2n) is 7.63. The lowest BCUT2D eigenvalue weighted by atomic mass is 10.2. The van der Waals surface area contributed by atoms with Crippen molar-refractivity contribution in [1.29, 1.82) is 0 Å². The Morgan fingerprint density at radius 2 is 1.63 bits per heavy atom. The molecule has 2 heterocycles. The van der Waals surface area contributed by atoms with Gasteiger partial charge in [-0.05, 0) is 42.3 Å². The molecule has 30 heavy (non-hydrogen) atoms. The molecular formula is C23H26ClN3O2S. The largest absolute Gasteiger partial charge is 0.340 e. The van der Waals surface area contributed by atoms with E-state index in [2.05, 4.69) is 11.0 Å². The van der Waals surface area contributed by atoms with Crippen molar-refractivity contribution in [3.63, 3.8) is 0 Å². The lowest BCUT2D eigenvalue weighted by Crippen LogP contribution is -2.51. The second kappa shape index (κ2) is 9.86. The van der Waals surface area contributed by atoms with Gasteiger partial charge < -0.3 is 9.80 Å². The van der Waals surface area contributed by atoms with Crippen LogP contribution in [0.5, 0.6) is 0 Å². The van der Waals surface area contributed by atoms with Crippen LogP contribution in [-0.4, -0.2) is 66.6 Å². The molecule has 2 aliphatic heterocycles. The van der Waals surface area contributed by atoms with E-state index < -0.39 is 0 Å². The molecular weight excluding hydrogens is 418 g/mol. The van der Waals surface area contributed by atoms with Crippen molar-refractivity contribution in [1.82, 2.24) is 9.80 Å². The van der Waals surface area contributed by atoms with Crippen LogP contribution in [0, 0.1) is 0 Å². The maximum Gasteiger partial charge on any atom is 0.241 e. The Balaban J connectivity index is 1.19. The van der Waals surface area contributed by atoms with Crippen LogP contribution in [0.4, 0.5) is 5.69 Å². The van der Waals surface area contributed by atoms with Gasteiger partial charge in [0, 0.05) is 60.5 Å². The fraction of sp³-hybridized carbons (Fsp3) is 0.391. The normalized spacial score (nSPS) is 16.6. The maximum absolute atomic E-state index is 12.8. The van der Waals surface area contributed by atoms with Crippen LogP contribution in [-0.2, 0) is 16.0 Å². The summed E-state index contributed by atoms with van der Waals surface area (Å²) in [5.74, 6) is 1.10. The zero-order valence-electron chi connectivity index (χ0n) is 16.9. The van der Waals surface area contributed by atoms with Crippen molar-refractivity contribution >= 4 is 40.9 Å². The second-order valence-corrected chi connectivity index (χ2v) is 9.24. The highest BCUT2D eigenvalue weighted by Crippen LogP contribution is 2.27. The lowest BCUT2D eigenvalue weighted by Gasteiger charge is -2.35. The topological polar surface area (TPSA) is 43.9 Å². The van der Waals surface area contributed by atoms with Gasteiger partial charge in [-0.3, -0.25) is 14.5 Å². The van der Waals surface area contributed by atoms with E-state index in [9.17, 15) is 9.59 Å². The van der Waals surface area contributed by atoms with Gasteiger partial charge in [-0.1, -0.05) is 29.8 Å². The fourth-order valence-electron chi connectivity index (χ4n) is 3.97. The van der Waals surface area contributed by atoms with Crippen molar-refractivity contribution in [2.75, 3.05) is 49.9 Å². The number of hydrogen-bond donors (Lipinski definition) is 0. The van der Waals surface area contributed by atoms with Gasteiger partial charge in [0.15, 0.2) is 0 Å². The van der Waals surface area contributed by atoms with Crippen molar-refractivity contribution in [2.45, 2.75) is 17.7 Å². The number of anilines is 1. The van der Waals surface area contributed by atoms with Crippen LogP contribution in [0.3, 0.4) is 0 Å². The molecule has 2 amide bonds. The maximum atomic E-state index is 12.8. The quantitative estimate of drug-likeness (QED) is 0.640. The van der Waals surface area contributed by atoms with Gasteiger partial charge in [-0.15, -0.1) is 11.8 Å². The summed E-state index contributed by atoms with van der Waals surface area (Å²) in [7, 11) is 0. The number of amides is 2. The molecule has 0 unspecified atom stereocenters. The Morgan fingerprint density at radius 3 is 2.40 bits per heavy atom. The average Bonchev–Trinajstić information content (AvgIpc) is 3.20. The van der Waals surface area contributed by atoms with E-state index in [1.165, 1.54) is 5.56 Å². The fourth-order valence-corrected chi connectivity index (χ4v) is 4.94. The first-order chi connectivity index (χ1) is 14.6. The molecule has 0 N–H and O–H groups in total. The SMILES string of the molecule is O=C(CCSc1ccc(Cl)cc1)N1CCN(CC(=O)N2CCc3ccccc32)CC1. The molecule has 0 bridgehead atoms. The van der Waals surface area contributed by atoms with Gasteiger partial charge in [0.2, 0.25) is 11.8 Å². The number of rotatable bonds is 6. The first-order valence-electron chi connectivity index (χ1n) is 10.4. The van der Waals surface area contributed by atoms with Crippen molar-refractivity contribution in [3.05, 3.63) is 59.1 Å². The Bertz CT molecular complexity index is 898. The van der Waals surface area contributed by atoms with E-state index in [-0.39, 0.29) is 11.8 Å². The average molecular weight is 444 g/mol. The number of carbonyl (C=O) groups is 2. The third-order valence-electron chi connectivity index (χ3n) is 5.67. The highest BCUT2D eigenvalue weighted by molar-refractivity contribution is 7.99. The summed E-state index contributed by atoms with van der Waals surface area (Å²) in [4.78, 5) is 32.4. The summed E-state index contributed by atoms with van der Waals surface area (Å²) < 4.78 is 0. The molecule has 2 aliphatic rings. The van der Waals surface area contributed by atoms with Crippen LogP contribution in [0.2, 0.25) is 5.02 Å². The number of fused-ring (bicyclic) bond motifs is 1. The molecule has 0 spiro atoms. The molecule has 4 rings (SSSR count). The van der Waals surface area contributed by atoms with E-state index in [0.717, 1.165) is 47.4 Å². The molecule has 5 nitrogen and oxygen atoms in total. The minimum Gasteiger partial charge on any atom is -0.340 e.